The average molecular weight is 330 g/mol. The molecule has 1 N–H and O–H groups in total. The molecule has 2 fully saturated rings. The molecule has 1 aliphatic heterocycles. The number of amides is 2. The molecule has 1 saturated carbocycles. The van der Waals surface area contributed by atoms with Crippen LogP contribution >= 0.6 is 0 Å². The number of hydrogen-bond donors (Lipinski definition) is 1. The Hall–Kier alpha value is -1.88. The van der Waals surface area contributed by atoms with E-state index < -0.39 is 5.41 Å². The topological polar surface area (TPSA) is 58.6 Å². The molecule has 0 bridgehead atoms. The Balaban J connectivity index is 1.79. The zero-order valence-corrected chi connectivity index (χ0v) is 14.6. The van der Waals surface area contributed by atoms with Crippen molar-refractivity contribution in [3.63, 3.8) is 0 Å². The van der Waals surface area contributed by atoms with Gasteiger partial charge in [-0.2, -0.15) is 0 Å². The molecule has 1 aromatic carbocycles. The maximum absolute atomic E-state index is 12.9. The van der Waals surface area contributed by atoms with Crippen LogP contribution in [0.3, 0.4) is 0 Å². The smallest absolute Gasteiger partial charge is 0.240 e. The van der Waals surface area contributed by atoms with Gasteiger partial charge >= 0.3 is 0 Å². The van der Waals surface area contributed by atoms with Crippen molar-refractivity contribution in [2.24, 2.45) is 5.41 Å². The highest BCUT2D eigenvalue weighted by Gasteiger charge is 2.58. The average Bonchev–Trinajstić information content (AvgIpc) is 3.44. The van der Waals surface area contributed by atoms with Crippen LogP contribution in [0.1, 0.15) is 37.8 Å². The van der Waals surface area contributed by atoms with Gasteiger partial charge in [0.25, 0.3) is 0 Å². The first-order valence-electron chi connectivity index (χ1n) is 8.91. The summed E-state index contributed by atoms with van der Waals surface area (Å²) in [6.07, 6.45) is 3.00. The second-order valence-electron chi connectivity index (χ2n) is 6.60. The molecule has 1 heterocycles. The minimum atomic E-state index is -0.858. The highest BCUT2D eigenvalue weighted by atomic mass is 16.5. The lowest BCUT2D eigenvalue weighted by Gasteiger charge is -2.30. The number of benzene rings is 1. The van der Waals surface area contributed by atoms with Gasteiger partial charge in [0, 0.05) is 18.8 Å². The second-order valence-corrected chi connectivity index (χ2v) is 6.60. The Morgan fingerprint density at radius 3 is 2.21 bits per heavy atom. The predicted octanol–water partition coefficient (Wildman–Crippen LogP) is 2.39. The van der Waals surface area contributed by atoms with Crippen LogP contribution in [0.25, 0.3) is 0 Å². The van der Waals surface area contributed by atoms with Gasteiger partial charge in [-0.15, -0.1) is 0 Å². The molecule has 0 unspecified atom stereocenters. The SMILES string of the molecule is CCc1cccc(CC)c1NC(=O)C1(C(=O)N2CCOCC2)CC1. The van der Waals surface area contributed by atoms with Gasteiger partial charge in [0.2, 0.25) is 11.8 Å². The fourth-order valence-corrected chi connectivity index (χ4v) is 3.37. The molecule has 0 atom stereocenters. The van der Waals surface area contributed by atoms with Gasteiger partial charge in [0.15, 0.2) is 0 Å². The van der Waals surface area contributed by atoms with Crippen LogP contribution in [0.15, 0.2) is 18.2 Å². The summed E-state index contributed by atoms with van der Waals surface area (Å²) in [5, 5.41) is 3.09. The summed E-state index contributed by atoms with van der Waals surface area (Å²) in [4.78, 5) is 27.5. The Morgan fingerprint density at radius 2 is 1.71 bits per heavy atom. The van der Waals surface area contributed by atoms with Crippen LogP contribution in [0.2, 0.25) is 0 Å². The minimum Gasteiger partial charge on any atom is -0.378 e. The van der Waals surface area contributed by atoms with Gasteiger partial charge in [-0.05, 0) is 36.8 Å². The van der Waals surface area contributed by atoms with Crippen LogP contribution in [-0.2, 0) is 27.2 Å². The van der Waals surface area contributed by atoms with E-state index in [1.54, 1.807) is 4.90 Å². The largest absolute Gasteiger partial charge is 0.378 e. The van der Waals surface area contributed by atoms with Crippen LogP contribution in [0.4, 0.5) is 5.69 Å². The van der Waals surface area contributed by atoms with Crippen LogP contribution in [0.5, 0.6) is 0 Å². The molecule has 0 aromatic heterocycles. The van der Waals surface area contributed by atoms with Crippen LogP contribution < -0.4 is 5.32 Å². The fraction of sp³-hybridized carbons (Fsp3) is 0.579. The summed E-state index contributed by atoms with van der Waals surface area (Å²) >= 11 is 0. The van der Waals surface area contributed by atoms with E-state index in [0.29, 0.717) is 39.1 Å². The van der Waals surface area contributed by atoms with E-state index in [2.05, 4.69) is 19.2 Å². The molecule has 5 heteroatoms. The van der Waals surface area contributed by atoms with Crippen molar-refractivity contribution in [3.05, 3.63) is 29.3 Å². The molecule has 0 radical (unpaired) electrons. The lowest BCUT2D eigenvalue weighted by Crippen LogP contribution is -2.47. The first kappa shape index (κ1) is 17.0. The zero-order valence-electron chi connectivity index (χ0n) is 14.6. The monoisotopic (exact) mass is 330 g/mol. The minimum absolute atomic E-state index is 0.0321. The van der Waals surface area contributed by atoms with Crippen molar-refractivity contribution in [2.45, 2.75) is 39.5 Å². The van der Waals surface area contributed by atoms with Crippen LogP contribution in [-0.4, -0.2) is 43.0 Å². The van der Waals surface area contributed by atoms with E-state index in [0.717, 1.165) is 29.7 Å². The Bertz CT molecular complexity index is 609. The highest BCUT2D eigenvalue weighted by Crippen LogP contribution is 2.48. The number of rotatable bonds is 5. The zero-order chi connectivity index (χ0) is 17.2. The normalized spacial score (nSPS) is 19.0. The van der Waals surface area contributed by atoms with Gasteiger partial charge in [-0.1, -0.05) is 32.0 Å². The number of carbonyl (C=O) groups excluding carboxylic acids is 2. The maximum Gasteiger partial charge on any atom is 0.240 e. The standard InChI is InChI=1S/C19H26N2O3/c1-3-14-6-5-7-15(4-2)16(14)20-17(22)19(8-9-19)18(23)21-10-12-24-13-11-21/h5-7H,3-4,8-13H2,1-2H3,(H,20,22). The number of para-hydroxylation sites is 1. The predicted molar refractivity (Wildman–Crippen MR) is 92.9 cm³/mol. The van der Waals surface area contributed by atoms with Crippen molar-refractivity contribution in [2.75, 3.05) is 31.6 Å². The molecule has 5 nitrogen and oxygen atoms in total. The van der Waals surface area contributed by atoms with Crippen molar-refractivity contribution in [3.8, 4) is 0 Å². The number of anilines is 1. The Labute approximate surface area is 143 Å². The number of carbonyl (C=O) groups is 2. The summed E-state index contributed by atoms with van der Waals surface area (Å²) in [5.41, 5.74) is 2.28. The number of ether oxygens (including phenoxy) is 1. The quantitative estimate of drug-likeness (QED) is 0.843. The number of nitrogens with one attached hydrogen (secondary N) is 1. The molecule has 3 rings (SSSR count). The Kier molecular flexibility index (Phi) is 4.90. The molecule has 1 aromatic rings. The highest BCUT2D eigenvalue weighted by molar-refractivity contribution is 6.13. The summed E-state index contributed by atoms with van der Waals surface area (Å²) in [5.74, 6) is -0.176. The molecule has 2 amide bonds. The second kappa shape index (κ2) is 6.93. The summed E-state index contributed by atoms with van der Waals surface area (Å²) in [7, 11) is 0. The van der Waals surface area contributed by atoms with E-state index in [4.69, 9.17) is 4.74 Å². The van der Waals surface area contributed by atoms with Gasteiger partial charge < -0.3 is 15.0 Å². The molecular weight excluding hydrogens is 304 g/mol. The molecule has 24 heavy (non-hydrogen) atoms. The third kappa shape index (κ3) is 3.05. The number of aryl methyl sites for hydroxylation is 2. The first-order valence-corrected chi connectivity index (χ1v) is 8.91. The Morgan fingerprint density at radius 1 is 1.12 bits per heavy atom. The molecule has 0 spiro atoms. The van der Waals surface area contributed by atoms with Gasteiger partial charge in [-0.3, -0.25) is 9.59 Å². The van der Waals surface area contributed by atoms with E-state index in [9.17, 15) is 9.59 Å². The third-order valence-electron chi connectivity index (χ3n) is 5.13. The molecule has 1 aliphatic carbocycles. The lowest BCUT2D eigenvalue weighted by molar-refractivity contribution is -0.145. The van der Waals surface area contributed by atoms with E-state index in [-0.39, 0.29) is 11.8 Å². The van der Waals surface area contributed by atoms with E-state index >= 15 is 0 Å². The van der Waals surface area contributed by atoms with E-state index in [1.165, 1.54) is 0 Å². The van der Waals surface area contributed by atoms with Gasteiger partial charge in [0.1, 0.15) is 5.41 Å². The van der Waals surface area contributed by atoms with E-state index in [1.807, 2.05) is 18.2 Å². The molecule has 1 saturated heterocycles. The maximum atomic E-state index is 12.9. The van der Waals surface area contributed by atoms with Crippen molar-refractivity contribution in [1.29, 1.82) is 0 Å². The molecule has 130 valence electrons. The first-order chi connectivity index (χ1) is 11.6. The van der Waals surface area contributed by atoms with Crippen molar-refractivity contribution >= 4 is 17.5 Å². The molecule has 2 aliphatic rings. The lowest BCUT2D eigenvalue weighted by atomic mass is 10.00. The summed E-state index contributed by atoms with van der Waals surface area (Å²) in [6.45, 7) is 6.44. The summed E-state index contributed by atoms with van der Waals surface area (Å²) < 4.78 is 5.31. The van der Waals surface area contributed by atoms with Gasteiger partial charge in [-0.25, -0.2) is 0 Å². The van der Waals surface area contributed by atoms with Crippen LogP contribution in [0, 0.1) is 5.41 Å². The molecular formula is C19H26N2O3. The fourth-order valence-electron chi connectivity index (χ4n) is 3.37. The number of morpholine rings is 1. The van der Waals surface area contributed by atoms with Gasteiger partial charge in [0.05, 0.1) is 13.2 Å². The van der Waals surface area contributed by atoms with Crippen molar-refractivity contribution in [1.82, 2.24) is 4.90 Å². The summed E-state index contributed by atoms with van der Waals surface area (Å²) in [6, 6.07) is 6.11. The number of hydrogen-bond acceptors (Lipinski definition) is 3. The van der Waals surface area contributed by atoms with Crippen molar-refractivity contribution < 1.29 is 14.3 Å². The third-order valence-corrected chi connectivity index (χ3v) is 5.13. The number of nitrogens with zero attached hydrogens (tertiary/aromatic N) is 1.